The highest BCUT2D eigenvalue weighted by Crippen LogP contribution is 1.90. The molecule has 4 nitrogen and oxygen atoms in total. The van der Waals surface area contributed by atoms with Gasteiger partial charge in [-0.25, -0.2) is 0 Å². The first kappa shape index (κ1) is 5.64. The second-order valence-corrected chi connectivity index (χ2v) is 3.95. The Bertz CT molecular complexity index is 250. The van der Waals surface area contributed by atoms with Crippen molar-refractivity contribution in [2.75, 3.05) is 0 Å². The monoisotopic (exact) mass is 150 g/mol. The molecular weight excluding hydrogens is 148 g/mol. The van der Waals surface area contributed by atoms with Gasteiger partial charge in [0.05, 0.1) is 12.4 Å². The number of hydrogen-bond acceptors (Lipinski definition) is 2. The van der Waals surface area contributed by atoms with E-state index in [-0.39, 0.29) is 0 Å². The van der Waals surface area contributed by atoms with Crippen molar-refractivity contribution in [2.24, 2.45) is 8.80 Å². The quantitative estimate of drug-likeness (QED) is 0.462. The average Bonchev–Trinajstić information content (AvgIpc) is 2.12. The molecule has 0 radical (unpaired) electrons. The summed E-state index contributed by atoms with van der Waals surface area (Å²) in [6, 6.07) is 0. The molecule has 0 saturated heterocycles. The smallest absolute Gasteiger partial charge is 0.195 e. The zero-order valence-corrected chi connectivity index (χ0v) is 5.32. The molecule has 0 unspecified atom stereocenters. The van der Waals surface area contributed by atoms with E-state index in [9.17, 15) is 8.42 Å². The second-order valence-electron chi connectivity index (χ2n) is 0.944. The van der Waals surface area contributed by atoms with E-state index in [1.165, 1.54) is 12.4 Å². The zero-order valence-electron chi connectivity index (χ0n) is 3.68. The number of rotatable bonds is 0. The van der Waals surface area contributed by atoms with Gasteiger partial charge in [0.2, 0.25) is 0 Å². The highest BCUT2D eigenvalue weighted by atomic mass is 32.9. The molecule has 8 heavy (non-hydrogen) atoms. The summed E-state index contributed by atoms with van der Waals surface area (Å²) in [5.41, 5.74) is 0. The Balaban J connectivity index is 3.29. The molecule has 0 N–H and O–H groups in total. The highest BCUT2D eigenvalue weighted by Gasteiger charge is 1.92. The Morgan fingerprint density at radius 2 is 1.75 bits per heavy atom. The van der Waals surface area contributed by atoms with Gasteiger partial charge in [-0.2, -0.15) is 17.2 Å². The van der Waals surface area contributed by atoms with E-state index < -0.39 is 19.1 Å². The Labute approximate surface area is 49.4 Å². The molecule has 0 aromatic carbocycles. The molecule has 0 aromatic rings. The average molecular weight is 150 g/mol. The minimum atomic E-state index is -2.16. The van der Waals surface area contributed by atoms with Crippen LogP contribution >= 0.6 is 0 Å². The van der Waals surface area contributed by atoms with Gasteiger partial charge < -0.3 is 0 Å². The molecule has 6 heteroatoms. The van der Waals surface area contributed by atoms with Crippen LogP contribution in [0, 0.1) is 0 Å². The standard InChI is InChI=1S/C2H2N2O2S2/c5-8(6)7-3-1-2-4-7/h1-2H. The fourth-order valence-corrected chi connectivity index (χ4v) is 1.49. The first-order chi connectivity index (χ1) is 3.80. The van der Waals surface area contributed by atoms with Gasteiger partial charge >= 0.3 is 0 Å². The summed E-state index contributed by atoms with van der Waals surface area (Å²) in [4.78, 5) is 0. The fourth-order valence-electron chi connectivity index (χ4n) is 0.256. The largest absolute Gasteiger partial charge is 0.283 e. The summed E-state index contributed by atoms with van der Waals surface area (Å²) < 4.78 is 27.0. The first-order valence-corrected chi connectivity index (χ1v) is 4.45. The molecule has 0 spiro atoms. The van der Waals surface area contributed by atoms with Gasteiger partial charge in [0, 0.05) is 0 Å². The molecule has 1 rings (SSSR count). The Hall–Kier alpha value is -0.490. The molecule has 0 amide bonds. The van der Waals surface area contributed by atoms with Crippen molar-refractivity contribution >= 4 is 31.5 Å². The molecular formula is C2H2N2O2S2. The fraction of sp³-hybridized carbons (Fsp3) is 0. The van der Waals surface area contributed by atoms with Gasteiger partial charge in [-0.1, -0.05) is 0 Å². The van der Waals surface area contributed by atoms with Crippen LogP contribution in [0.15, 0.2) is 8.80 Å². The second kappa shape index (κ2) is 2.19. The summed E-state index contributed by atoms with van der Waals surface area (Å²) >= 11 is 0. The number of hydrogen-bond donors (Lipinski definition) is 0. The van der Waals surface area contributed by atoms with E-state index in [1.807, 2.05) is 0 Å². The van der Waals surface area contributed by atoms with Crippen LogP contribution in [0.25, 0.3) is 0 Å². The zero-order chi connectivity index (χ0) is 5.98. The molecule has 0 atom stereocenters. The van der Waals surface area contributed by atoms with Crippen molar-refractivity contribution in [3.8, 4) is 0 Å². The normalized spacial score (nSPS) is 17.5. The van der Waals surface area contributed by atoms with E-state index in [2.05, 4.69) is 8.80 Å². The van der Waals surface area contributed by atoms with Gasteiger partial charge in [-0.3, -0.25) is 0 Å². The van der Waals surface area contributed by atoms with Gasteiger partial charge in [-0.05, 0) is 0 Å². The third-order valence-corrected chi connectivity index (χ3v) is 2.58. The Kier molecular flexibility index (Phi) is 1.54. The molecule has 1 aliphatic rings. The summed E-state index contributed by atoms with van der Waals surface area (Å²) in [7, 11) is -3.28. The molecule has 0 bridgehead atoms. The SMILES string of the molecule is O=S(=O)=S1N=CC=N1. The van der Waals surface area contributed by atoms with Crippen molar-refractivity contribution in [1.82, 2.24) is 0 Å². The third kappa shape index (κ3) is 1.01. The maximum atomic E-state index is 9.99. The Morgan fingerprint density at radius 3 is 2.00 bits per heavy atom. The van der Waals surface area contributed by atoms with Crippen molar-refractivity contribution in [3.05, 3.63) is 0 Å². The molecule has 44 valence electrons. The van der Waals surface area contributed by atoms with Crippen LogP contribution in [0.4, 0.5) is 0 Å². The van der Waals surface area contributed by atoms with Crippen molar-refractivity contribution < 1.29 is 8.42 Å². The van der Waals surface area contributed by atoms with Gasteiger partial charge in [-0.15, -0.1) is 0 Å². The summed E-state index contributed by atoms with van der Waals surface area (Å²) in [6.45, 7) is 0. The van der Waals surface area contributed by atoms with Gasteiger partial charge in [0.25, 0.3) is 9.26 Å². The van der Waals surface area contributed by atoms with E-state index in [4.69, 9.17) is 0 Å². The van der Waals surface area contributed by atoms with Gasteiger partial charge in [0.1, 0.15) is 0 Å². The van der Waals surface area contributed by atoms with Crippen LogP contribution in [0.3, 0.4) is 0 Å². The molecule has 1 heterocycles. The van der Waals surface area contributed by atoms with Gasteiger partial charge in [0.15, 0.2) is 9.83 Å². The lowest BCUT2D eigenvalue weighted by Crippen LogP contribution is -1.70. The first-order valence-electron chi connectivity index (χ1n) is 1.71. The topological polar surface area (TPSA) is 58.9 Å². The minimum Gasteiger partial charge on any atom is -0.195 e. The molecule has 0 fully saturated rings. The molecule has 0 saturated carbocycles. The summed E-state index contributed by atoms with van der Waals surface area (Å²) in [5, 5.41) is 0. The summed E-state index contributed by atoms with van der Waals surface area (Å²) in [6.07, 6.45) is 2.75. The van der Waals surface area contributed by atoms with Crippen molar-refractivity contribution in [2.45, 2.75) is 0 Å². The predicted molar refractivity (Wildman–Crippen MR) is 33.3 cm³/mol. The van der Waals surface area contributed by atoms with E-state index in [0.717, 1.165) is 0 Å². The van der Waals surface area contributed by atoms with Crippen LogP contribution in [-0.2, 0) is 19.1 Å². The van der Waals surface area contributed by atoms with Crippen molar-refractivity contribution in [3.63, 3.8) is 0 Å². The van der Waals surface area contributed by atoms with Crippen LogP contribution in [0.1, 0.15) is 0 Å². The number of nitrogens with zero attached hydrogens (tertiary/aromatic N) is 2. The van der Waals surface area contributed by atoms with Crippen LogP contribution < -0.4 is 0 Å². The minimum absolute atomic E-state index is 1.12. The maximum Gasteiger partial charge on any atom is 0.283 e. The van der Waals surface area contributed by atoms with Crippen LogP contribution in [0.2, 0.25) is 0 Å². The van der Waals surface area contributed by atoms with E-state index in [0.29, 0.717) is 0 Å². The summed E-state index contributed by atoms with van der Waals surface area (Å²) in [5.74, 6) is 0. The third-order valence-electron chi connectivity index (χ3n) is 0.490. The molecule has 1 aliphatic heterocycles. The highest BCUT2D eigenvalue weighted by molar-refractivity contribution is 8.32. The molecule has 0 aliphatic carbocycles. The lowest BCUT2D eigenvalue weighted by molar-refractivity contribution is 0.628. The lowest BCUT2D eigenvalue weighted by Gasteiger charge is -1.71. The van der Waals surface area contributed by atoms with Crippen molar-refractivity contribution in [1.29, 1.82) is 0 Å². The molecule has 0 aromatic heterocycles. The van der Waals surface area contributed by atoms with Crippen LogP contribution in [0.5, 0.6) is 0 Å². The maximum absolute atomic E-state index is 9.99. The van der Waals surface area contributed by atoms with Crippen LogP contribution in [-0.4, -0.2) is 20.8 Å². The van der Waals surface area contributed by atoms with E-state index >= 15 is 0 Å². The predicted octanol–water partition coefficient (Wildman–Crippen LogP) is -0.616. The lowest BCUT2D eigenvalue weighted by atomic mass is 10.9. The van der Waals surface area contributed by atoms with E-state index in [1.54, 1.807) is 0 Å². The Morgan fingerprint density at radius 1 is 1.25 bits per heavy atom.